The van der Waals surface area contributed by atoms with Gasteiger partial charge in [0.2, 0.25) is 5.91 Å². The summed E-state index contributed by atoms with van der Waals surface area (Å²) in [6, 6.07) is 7.67. The minimum atomic E-state index is -0.0386. The van der Waals surface area contributed by atoms with E-state index in [1.807, 2.05) is 29.2 Å². The molecule has 0 aliphatic carbocycles. The molecule has 2 fully saturated rings. The van der Waals surface area contributed by atoms with Gasteiger partial charge >= 0.3 is 0 Å². The van der Waals surface area contributed by atoms with Crippen molar-refractivity contribution in [3.8, 4) is 0 Å². The molecule has 7 heteroatoms. The van der Waals surface area contributed by atoms with Gasteiger partial charge in [0.15, 0.2) is 0 Å². The monoisotopic (exact) mass is 374 g/mol. The van der Waals surface area contributed by atoms with Crippen LogP contribution in [-0.2, 0) is 14.3 Å². The fourth-order valence-electron chi connectivity index (χ4n) is 3.14. The lowest BCUT2D eigenvalue weighted by atomic mass is 10.0. The lowest BCUT2D eigenvalue weighted by molar-refractivity contribution is -0.140. The number of ether oxygens (including phenoxy) is 2. The highest BCUT2D eigenvalue weighted by Crippen LogP contribution is 2.28. The normalized spacial score (nSPS) is 23.8. The van der Waals surface area contributed by atoms with Crippen molar-refractivity contribution in [1.29, 1.82) is 0 Å². The number of halogens is 2. The van der Waals surface area contributed by atoms with Crippen molar-refractivity contribution in [2.75, 3.05) is 46.1 Å². The van der Waals surface area contributed by atoms with E-state index in [2.05, 4.69) is 5.32 Å². The summed E-state index contributed by atoms with van der Waals surface area (Å²) < 4.78 is 10.9. The second-order valence-corrected chi connectivity index (χ2v) is 6.48. The highest BCUT2D eigenvalue weighted by atomic mass is 35.5. The van der Waals surface area contributed by atoms with Crippen LogP contribution >= 0.6 is 24.0 Å². The van der Waals surface area contributed by atoms with Gasteiger partial charge in [0.25, 0.3) is 0 Å². The summed E-state index contributed by atoms with van der Waals surface area (Å²) in [5.74, 6) is 0.445. The Hall–Kier alpha value is -0.850. The lowest BCUT2D eigenvalue weighted by Crippen LogP contribution is -2.50. The van der Waals surface area contributed by atoms with Gasteiger partial charge in [0.1, 0.15) is 6.61 Å². The molecule has 1 aromatic rings. The van der Waals surface area contributed by atoms with E-state index >= 15 is 0 Å². The maximum absolute atomic E-state index is 12.6. The van der Waals surface area contributed by atoms with Gasteiger partial charge in [0.05, 0.1) is 19.3 Å². The van der Waals surface area contributed by atoms with Gasteiger partial charge in [-0.25, -0.2) is 0 Å². The summed E-state index contributed by atoms with van der Waals surface area (Å²) in [4.78, 5) is 14.4. The van der Waals surface area contributed by atoms with Crippen LogP contribution in [0.3, 0.4) is 0 Å². The molecule has 1 N–H and O–H groups in total. The minimum absolute atomic E-state index is 0. The van der Waals surface area contributed by atoms with Gasteiger partial charge < -0.3 is 19.7 Å². The number of hydrogen-bond acceptors (Lipinski definition) is 4. The van der Waals surface area contributed by atoms with Gasteiger partial charge in [-0.05, 0) is 18.1 Å². The Morgan fingerprint density at radius 2 is 2.25 bits per heavy atom. The molecule has 2 unspecified atom stereocenters. The van der Waals surface area contributed by atoms with Crippen molar-refractivity contribution in [2.24, 2.45) is 5.92 Å². The SMILES string of the molecule is Cl.O=C(COCC1CCOC1)N1CCNCC1c1ccccc1Cl. The Morgan fingerprint density at radius 3 is 3.00 bits per heavy atom. The van der Waals surface area contributed by atoms with Crippen molar-refractivity contribution >= 4 is 29.9 Å². The second-order valence-electron chi connectivity index (χ2n) is 6.07. The highest BCUT2D eigenvalue weighted by molar-refractivity contribution is 6.31. The first kappa shape index (κ1) is 19.5. The predicted molar refractivity (Wildman–Crippen MR) is 95.8 cm³/mol. The van der Waals surface area contributed by atoms with E-state index < -0.39 is 0 Å². The third-order valence-electron chi connectivity index (χ3n) is 4.43. The molecule has 1 aromatic carbocycles. The Labute approximate surface area is 154 Å². The van der Waals surface area contributed by atoms with Crippen molar-refractivity contribution in [3.63, 3.8) is 0 Å². The molecule has 2 aliphatic rings. The number of rotatable bonds is 5. The molecular weight excluding hydrogens is 351 g/mol. The molecule has 2 saturated heterocycles. The van der Waals surface area contributed by atoms with E-state index in [9.17, 15) is 4.79 Å². The molecule has 2 atom stereocenters. The van der Waals surface area contributed by atoms with Gasteiger partial charge in [0, 0.05) is 37.2 Å². The van der Waals surface area contributed by atoms with E-state index in [-0.39, 0.29) is 31.0 Å². The first-order valence-corrected chi connectivity index (χ1v) is 8.53. The average Bonchev–Trinajstić information content (AvgIpc) is 3.09. The van der Waals surface area contributed by atoms with Crippen LogP contribution in [0.15, 0.2) is 24.3 Å². The number of amides is 1. The van der Waals surface area contributed by atoms with Crippen molar-refractivity contribution in [2.45, 2.75) is 12.5 Å². The Morgan fingerprint density at radius 1 is 1.42 bits per heavy atom. The Kier molecular flexibility index (Phi) is 7.78. The molecule has 0 spiro atoms. The number of carbonyl (C=O) groups excluding carboxylic acids is 1. The number of hydrogen-bond donors (Lipinski definition) is 1. The van der Waals surface area contributed by atoms with Crippen molar-refractivity contribution in [3.05, 3.63) is 34.9 Å². The molecule has 2 heterocycles. The third kappa shape index (κ3) is 4.83. The predicted octanol–water partition coefficient (Wildman–Crippen LogP) is 2.29. The van der Waals surface area contributed by atoms with E-state index in [4.69, 9.17) is 21.1 Å². The van der Waals surface area contributed by atoms with E-state index in [0.29, 0.717) is 30.6 Å². The van der Waals surface area contributed by atoms with Crippen molar-refractivity contribution < 1.29 is 14.3 Å². The molecule has 0 aromatic heterocycles. The van der Waals surface area contributed by atoms with Crippen LogP contribution in [0, 0.1) is 5.92 Å². The molecule has 134 valence electrons. The third-order valence-corrected chi connectivity index (χ3v) is 4.78. The van der Waals surface area contributed by atoms with Gasteiger partial charge in [-0.1, -0.05) is 29.8 Å². The van der Waals surface area contributed by atoms with Gasteiger partial charge in [-0.3, -0.25) is 4.79 Å². The van der Waals surface area contributed by atoms with Crippen LogP contribution in [0.25, 0.3) is 0 Å². The zero-order chi connectivity index (χ0) is 16.1. The minimum Gasteiger partial charge on any atom is -0.381 e. The van der Waals surface area contributed by atoms with Crippen LogP contribution in [0.1, 0.15) is 18.0 Å². The fourth-order valence-corrected chi connectivity index (χ4v) is 3.40. The summed E-state index contributed by atoms with van der Waals surface area (Å²) in [5, 5.41) is 4.03. The number of nitrogens with zero attached hydrogens (tertiary/aromatic N) is 1. The molecule has 0 saturated carbocycles. The summed E-state index contributed by atoms with van der Waals surface area (Å²) in [6.07, 6.45) is 1.02. The summed E-state index contributed by atoms with van der Waals surface area (Å²) >= 11 is 6.31. The van der Waals surface area contributed by atoms with Gasteiger partial charge in [-0.2, -0.15) is 0 Å². The zero-order valence-electron chi connectivity index (χ0n) is 13.6. The topological polar surface area (TPSA) is 50.8 Å². The summed E-state index contributed by atoms with van der Waals surface area (Å²) in [7, 11) is 0. The first-order valence-electron chi connectivity index (χ1n) is 8.16. The molecule has 24 heavy (non-hydrogen) atoms. The van der Waals surface area contributed by atoms with Crippen LogP contribution < -0.4 is 5.32 Å². The van der Waals surface area contributed by atoms with E-state index in [1.54, 1.807) is 0 Å². The number of piperazine rings is 1. The molecule has 5 nitrogen and oxygen atoms in total. The molecule has 2 aliphatic heterocycles. The number of nitrogens with one attached hydrogen (secondary N) is 1. The quantitative estimate of drug-likeness (QED) is 0.858. The first-order chi connectivity index (χ1) is 11.3. The van der Waals surface area contributed by atoms with Crippen LogP contribution in [0.4, 0.5) is 0 Å². The molecule has 1 amide bonds. The largest absolute Gasteiger partial charge is 0.381 e. The number of carbonyl (C=O) groups is 1. The smallest absolute Gasteiger partial charge is 0.249 e. The molecule has 0 radical (unpaired) electrons. The van der Waals surface area contributed by atoms with Crippen LogP contribution in [-0.4, -0.2) is 56.9 Å². The van der Waals surface area contributed by atoms with E-state index in [1.165, 1.54) is 0 Å². The second kappa shape index (κ2) is 9.59. The van der Waals surface area contributed by atoms with Crippen LogP contribution in [0.2, 0.25) is 5.02 Å². The maximum Gasteiger partial charge on any atom is 0.249 e. The summed E-state index contributed by atoms with van der Waals surface area (Å²) in [5.41, 5.74) is 0.985. The Bertz CT molecular complexity index is 538. The average molecular weight is 375 g/mol. The molecule has 3 rings (SSSR count). The highest BCUT2D eigenvalue weighted by Gasteiger charge is 2.29. The van der Waals surface area contributed by atoms with E-state index in [0.717, 1.165) is 31.7 Å². The number of benzene rings is 1. The fraction of sp³-hybridized carbons (Fsp3) is 0.588. The van der Waals surface area contributed by atoms with Crippen LogP contribution in [0.5, 0.6) is 0 Å². The van der Waals surface area contributed by atoms with Crippen molar-refractivity contribution in [1.82, 2.24) is 10.2 Å². The standard InChI is InChI=1S/C17H23ClN2O3.ClH/c18-15-4-2-1-3-14(15)16-9-19-6-7-20(16)17(21)12-23-11-13-5-8-22-10-13;/h1-4,13,16,19H,5-12H2;1H. The molecular formula is C17H24Cl2N2O3. The summed E-state index contributed by atoms with van der Waals surface area (Å²) in [6.45, 7) is 4.43. The maximum atomic E-state index is 12.6. The molecule has 0 bridgehead atoms. The Balaban J connectivity index is 0.00000208. The van der Waals surface area contributed by atoms with Gasteiger partial charge in [-0.15, -0.1) is 12.4 Å². The zero-order valence-corrected chi connectivity index (χ0v) is 15.2. The lowest BCUT2D eigenvalue weighted by Gasteiger charge is -2.37.